The van der Waals surface area contributed by atoms with Gasteiger partial charge in [0.25, 0.3) is 0 Å². The van der Waals surface area contributed by atoms with Gasteiger partial charge in [0, 0.05) is 0 Å². The standard InChI is InChI=1S/C13H10N2O3/c16-12-4-2-1-3-11(12)15-14-10-7-5-9(6-8-10)13(17)18/h1-8,16H,(H,17,18)/b15-14+. The fourth-order valence-electron chi connectivity index (χ4n) is 1.33. The van der Waals surface area contributed by atoms with Crippen molar-refractivity contribution >= 4 is 17.3 Å². The zero-order chi connectivity index (χ0) is 13.0. The largest absolute Gasteiger partial charge is 0.506 e. The fraction of sp³-hybridized carbons (Fsp3) is 0. The van der Waals surface area contributed by atoms with Gasteiger partial charge in [0.1, 0.15) is 11.4 Å². The molecule has 0 unspecified atom stereocenters. The molecule has 5 nitrogen and oxygen atoms in total. The van der Waals surface area contributed by atoms with E-state index < -0.39 is 5.97 Å². The van der Waals surface area contributed by atoms with Crippen LogP contribution in [0.15, 0.2) is 58.8 Å². The van der Waals surface area contributed by atoms with Crippen LogP contribution < -0.4 is 0 Å². The number of para-hydroxylation sites is 1. The summed E-state index contributed by atoms with van der Waals surface area (Å²) in [6.45, 7) is 0. The highest BCUT2D eigenvalue weighted by molar-refractivity contribution is 5.87. The highest BCUT2D eigenvalue weighted by Crippen LogP contribution is 2.27. The van der Waals surface area contributed by atoms with E-state index in [2.05, 4.69) is 10.2 Å². The Balaban J connectivity index is 2.19. The molecule has 2 aromatic carbocycles. The van der Waals surface area contributed by atoms with Crippen molar-refractivity contribution in [3.8, 4) is 5.75 Å². The first-order chi connectivity index (χ1) is 8.66. The molecule has 0 saturated carbocycles. The Hall–Kier alpha value is -2.69. The van der Waals surface area contributed by atoms with Crippen LogP contribution in [-0.4, -0.2) is 16.2 Å². The fourth-order valence-corrected chi connectivity index (χ4v) is 1.33. The van der Waals surface area contributed by atoms with E-state index in [1.54, 1.807) is 30.3 Å². The number of nitrogens with zero attached hydrogens (tertiary/aromatic N) is 2. The topological polar surface area (TPSA) is 82.2 Å². The molecule has 0 aliphatic heterocycles. The zero-order valence-corrected chi connectivity index (χ0v) is 9.32. The van der Waals surface area contributed by atoms with Gasteiger partial charge in [-0.15, -0.1) is 5.11 Å². The van der Waals surface area contributed by atoms with Gasteiger partial charge in [-0.1, -0.05) is 12.1 Å². The average Bonchev–Trinajstić information content (AvgIpc) is 2.38. The van der Waals surface area contributed by atoms with Crippen LogP contribution in [0.4, 0.5) is 11.4 Å². The van der Waals surface area contributed by atoms with Crippen LogP contribution in [0, 0.1) is 0 Å². The van der Waals surface area contributed by atoms with E-state index in [0.717, 1.165) is 0 Å². The van der Waals surface area contributed by atoms with Crippen molar-refractivity contribution in [2.45, 2.75) is 0 Å². The van der Waals surface area contributed by atoms with Crippen molar-refractivity contribution in [1.82, 2.24) is 0 Å². The van der Waals surface area contributed by atoms with Gasteiger partial charge in [-0.2, -0.15) is 5.11 Å². The Morgan fingerprint density at radius 1 is 0.944 bits per heavy atom. The molecular formula is C13H10N2O3. The van der Waals surface area contributed by atoms with Crippen molar-refractivity contribution in [2.24, 2.45) is 10.2 Å². The highest BCUT2D eigenvalue weighted by Gasteiger charge is 2.01. The first-order valence-corrected chi connectivity index (χ1v) is 5.20. The molecule has 0 bridgehead atoms. The zero-order valence-electron chi connectivity index (χ0n) is 9.32. The number of azo groups is 1. The van der Waals surface area contributed by atoms with Crippen LogP contribution in [-0.2, 0) is 0 Å². The van der Waals surface area contributed by atoms with Crippen molar-refractivity contribution in [3.05, 3.63) is 54.1 Å². The minimum Gasteiger partial charge on any atom is -0.506 e. The Bertz CT molecular complexity index is 591. The van der Waals surface area contributed by atoms with Crippen molar-refractivity contribution < 1.29 is 15.0 Å². The van der Waals surface area contributed by atoms with Crippen LogP contribution in [0.1, 0.15) is 10.4 Å². The summed E-state index contributed by atoms with van der Waals surface area (Å²) in [5, 5.41) is 26.0. The van der Waals surface area contributed by atoms with Gasteiger partial charge < -0.3 is 10.2 Å². The summed E-state index contributed by atoms with van der Waals surface area (Å²) in [7, 11) is 0. The average molecular weight is 242 g/mol. The van der Waals surface area contributed by atoms with E-state index in [1.807, 2.05) is 0 Å². The van der Waals surface area contributed by atoms with Crippen LogP contribution >= 0.6 is 0 Å². The van der Waals surface area contributed by atoms with E-state index >= 15 is 0 Å². The van der Waals surface area contributed by atoms with Crippen LogP contribution in [0.5, 0.6) is 5.75 Å². The Morgan fingerprint density at radius 3 is 2.22 bits per heavy atom. The minimum absolute atomic E-state index is 0.0448. The first-order valence-electron chi connectivity index (χ1n) is 5.20. The van der Waals surface area contributed by atoms with Crippen molar-refractivity contribution in [1.29, 1.82) is 0 Å². The maximum Gasteiger partial charge on any atom is 0.335 e. The number of hydrogen-bond donors (Lipinski definition) is 2. The Labute approximate surface area is 103 Å². The monoisotopic (exact) mass is 242 g/mol. The summed E-state index contributed by atoms with van der Waals surface area (Å²) >= 11 is 0. The molecule has 0 atom stereocenters. The molecule has 0 heterocycles. The maximum absolute atomic E-state index is 10.6. The molecular weight excluding hydrogens is 232 g/mol. The number of carbonyl (C=O) groups is 1. The summed E-state index contributed by atoms with van der Waals surface area (Å²) < 4.78 is 0. The lowest BCUT2D eigenvalue weighted by Crippen LogP contribution is -1.93. The lowest BCUT2D eigenvalue weighted by Gasteiger charge is -1.97. The molecule has 0 aromatic heterocycles. The predicted molar refractivity (Wildman–Crippen MR) is 65.7 cm³/mol. The third-order valence-electron chi connectivity index (χ3n) is 2.27. The number of hydrogen-bond acceptors (Lipinski definition) is 4. The molecule has 0 fully saturated rings. The SMILES string of the molecule is O=C(O)c1ccc(/N=N/c2ccccc2O)cc1. The smallest absolute Gasteiger partial charge is 0.335 e. The lowest BCUT2D eigenvalue weighted by atomic mass is 10.2. The van der Waals surface area contributed by atoms with Crippen LogP contribution in [0.25, 0.3) is 0 Å². The molecule has 2 N–H and O–H groups in total. The Morgan fingerprint density at radius 2 is 1.61 bits per heavy atom. The van der Waals surface area contributed by atoms with Gasteiger partial charge in [0.05, 0.1) is 11.3 Å². The first kappa shape index (κ1) is 11.8. The van der Waals surface area contributed by atoms with Gasteiger partial charge in [-0.3, -0.25) is 0 Å². The lowest BCUT2D eigenvalue weighted by molar-refractivity contribution is 0.0697. The van der Waals surface area contributed by atoms with Gasteiger partial charge in [0.15, 0.2) is 0 Å². The van der Waals surface area contributed by atoms with Gasteiger partial charge >= 0.3 is 5.97 Å². The number of phenolic OH excluding ortho intramolecular Hbond substituents is 1. The highest BCUT2D eigenvalue weighted by atomic mass is 16.4. The normalized spacial score (nSPS) is 10.7. The van der Waals surface area contributed by atoms with Gasteiger partial charge in [-0.05, 0) is 36.4 Å². The van der Waals surface area contributed by atoms with Crippen molar-refractivity contribution in [2.75, 3.05) is 0 Å². The second kappa shape index (κ2) is 5.09. The van der Waals surface area contributed by atoms with E-state index in [0.29, 0.717) is 11.4 Å². The van der Waals surface area contributed by atoms with E-state index in [4.69, 9.17) is 5.11 Å². The number of phenols is 1. The van der Waals surface area contributed by atoms with Gasteiger partial charge in [-0.25, -0.2) is 4.79 Å². The number of carboxylic acids is 1. The third-order valence-corrected chi connectivity index (χ3v) is 2.27. The van der Waals surface area contributed by atoms with E-state index in [-0.39, 0.29) is 11.3 Å². The summed E-state index contributed by atoms with van der Waals surface area (Å²) in [6.07, 6.45) is 0. The number of aromatic carboxylic acids is 1. The molecule has 0 saturated heterocycles. The number of benzene rings is 2. The molecule has 0 spiro atoms. The molecule has 18 heavy (non-hydrogen) atoms. The predicted octanol–water partition coefficient (Wildman–Crippen LogP) is 3.51. The number of aromatic hydroxyl groups is 1. The molecule has 0 aliphatic carbocycles. The summed E-state index contributed by atoms with van der Waals surface area (Å²) in [5.74, 6) is -0.942. The molecule has 0 aliphatic rings. The third kappa shape index (κ3) is 2.70. The number of carboxylic acid groups (broad SMARTS) is 1. The Kier molecular flexibility index (Phi) is 3.33. The minimum atomic E-state index is -0.987. The van der Waals surface area contributed by atoms with Crippen LogP contribution in [0.2, 0.25) is 0 Å². The molecule has 5 heteroatoms. The van der Waals surface area contributed by atoms with E-state index in [1.165, 1.54) is 18.2 Å². The second-order valence-electron chi connectivity index (χ2n) is 3.54. The van der Waals surface area contributed by atoms with E-state index in [9.17, 15) is 9.90 Å². The maximum atomic E-state index is 10.6. The summed E-state index contributed by atoms with van der Waals surface area (Å²) in [5.41, 5.74) is 1.07. The number of rotatable bonds is 3. The molecule has 2 aromatic rings. The van der Waals surface area contributed by atoms with Gasteiger partial charge in [0.2, 0.25) is 0 Å². The summed E-state index contributed by atoms with van der Waals surface area (Å²) in [4.78, 5) is 10.6. The molecule has 0 amide bonds. The molecule has 2 rings (SSSR count). The molecule has 90 valence electrons. The summed E-state index contributed by atoms with van der Waals surface area (Å²) in [6, 6.07) is 12.6. The van der Waals surface area contributed by atoms with Crippen molar-refractivity contribution in [3.63, 3.8) is 0 Å². The quantitative estimate of drug-likeness (QED) is 0.808. The molecule has 0 radical (unpaired) electrons. The second-order valence-corrected chi connectivity index (χ2v) is 3.54. The van der Waals surface area contributed by atoms with Crippen LogP contribution in [0.3, 0.4) is 0 Å².